The van der Waals surface area contributed by atoms with Crippen LogP contribution in [0.15, 0.2) is 29.6 Å². The Kier molecular flexibility index (Phi) is 3.62. The van der Waals surface area contributed by atoms with Gasteiger partial charge in [0.2, 0.25) is 0 Å². The van der Waals surface area contributed by atoms with Crippen LogP contribution >= 0.6 is 22.9 Å². The molecule has 3 heteroatoms. The second kappa shape index (κ2) is 4.98. The summed E-state index contributed by atoms with van der Waals surface area (Å²) in [5.41, 5.74) is 2.52. The van der Waals surface area contributed by atoms with Crippen molar-refractivity contribution < 1.29 is 0 Å². The van der Waals surface area contributed by atoms with E-state index in [1.54, 1.807) is 11.3 Å². The van der Waals surface area contributed by atoms with Gasteiger partial charge in [-0.3, -0.25) is 0 Å². The zero-order chi connectivity index (χ0) is 11.5. The van der Waals surface area contributed by atoms with E-state index in [1.165, 1.54) is 5.56 Å². The van der Waals surface area contributed by atoms with Crippen molar-refractivity contribution in [2.24, 2.45) is 5.92 Å². The maximum atomic E-state index is 5.83. The number of halogens is 1. The summed E-state index contributed by atoms with van der Waals surface area (Å²) in [7, 11) is 0. The van der Waals surface area contributed by atoms with E-state index in [2.05, 4.69) is 43.1 Å². The molecule has 1 nitrogen and oxygen atoms in total. The van der Waals surface area contributed by atoms with Gasteiger partial charge in [0, 0.05) is 10.9 Å². The van der Waals surface area contributed by atoms with Gasteiger partial charge in [-0.2, -0.15) is 0 Å². The van der Waals surface area contributed by atoms with E-state index in [-0.39, 0.29) is 0 Å². The third kappa shape index (κ3) is 2.83. The molecule has 1 aromatic carbocycles. The predicted octanol–water partition coefficient (Wildman–Crippen LogP) is 4.66. The summed E-state index contributed by atoms with van der Waals surface area (Å²) < 4.78 is 0. The highest BCUT2D eigenvalue weighted by atomic mass is 35.5. The third-order valence-corrected chi connectivity index (χ3v) is 3.51. The van der Waals surface area contributed by atoms with Gasteiger partial charge >= 0.3 is 0 Å². The topological polar surface area (TPSA) is 12.9 Å². The van der Waals surface area contributed by atoms with Crippen LogP contribution in [0.2, 0.25) is 5.15 Å². The van der Waals surface area contributed by atoms with Gasteiger partial charge in [0.25, 0.3) is 0 Å². The fraction of sp³-hybridized carbons (Fsp3) is 0.308. The molecule has 0 bridgehead atoms. The summed E-state index contributed by atoms with van der Waals surface area (Å²) in [4.78, 5) is 4.29. The first-order valence-electron chi connectivity index (χ1n) is 5.35. The molecule has 0 radical (unpaired) electrons. The molecule has 0 saturated heterocycles. The smallest absolute Gasteiger partial charge is 0.140 e. The number of hydrogen-bond acceptors (Lipinski definition) is 2. The molecule has 2 rings (SSSR count). The van der Waals surface area contributed by atoms with Gasteiger partial charge in [0.15, 0.2) is 0 Å². The number of thiazole rings is 1. The molecule has 1 aromatic heterocycles. The molecule has 0 unspecified atom stereocenters. The van der Waals surface area contributed by atoms with Crippen LogP contribution in [0, 0.1) is 5.92 Å². The maximum Gasteiger partial charge on any atom is 0.140 e. The second-order valence-corrected chi connectivity index (χ2v) is 5.52. The Morgan fingerprint density at radius 1 is 1.38 bits per heavy atom. The molecule has 0 N–H and O–H groups in total. The molecular formula is C13H14ClNS. The first-order valence-corrected chi connectivity index (χ1v) is 6.61. The highest BCUT2D eigenvalue weighted by Gasteiger charge is 2.05. The first kappa shape index (κ1) is 11.6. The Morgan fingerprint density at radius 2 is 2.19 bits per heavy atom. The second-order valence-electron chi connectivity index (χ2n) is 4.27. The normalized spacial score (nSPS) is 11.0. The average molecular weight is 252 g/mol. The lowest BCUT2D eigenvalue weighted by Gasteiger charge is -2.05. The Balaban J connectivity index is 2.28. The third-order valence-electron chi connectivity index (χ3n) is 2.29. The van der Waals surface area contributed by atoms with E-state index in [4.69, 9.17) is 11.6 Å². The molecule has 0 aliphatic carbocycles. The number of hydrogen-bond donors (Lipinski definition) is 0. The van der Waals surface area contributed by atoms with Crippen LogP contribution in [-0.2, 0) is 6.42 Å². The number of nitrogens with zero attached hydrogens (tertiary/aromatic N) is 1. The molecule has 0 amide bonds. The molecule has 0 aliphatic heterocycles. The number of aromatic nitrogens is 1. The highest BCUT2D eigenvalue weighted by Crippen LogP contribution is 2.26. The van der Waals surface area contributed by atoms with Crippen LogP contribution in [-0.4, -0.2) is 4.98 Å². The summed E-state index contributed by atoms with van der Waals surface area (Å²) in [6.45, 7) is 4.46. The van der Waals surface area contributed by atoms with Gasteiger partial charge in [-0.05, 0) is 24.0 Å². The van der Waals surface area contributed by atoms with Crippen LogP contribution in [0.1, 0.15) is 19.4 Å². The van der Waals surface area contributed by atoms with Crippen molar-refractivity contribution in [2.75, 3.05) is 0 Å². The minimum atomic E-state index is 0.578. The van der Waals surface area contributed by atoms with Crippen LogP contribution < -0.4 is 0 Å². The van der Waals surface area contributed by atoms with Crippen molar-refractivity contribution in [1.82, 2.24) is 4.98 Å². The summed E-state index contributed by atoms with van der Waals surface area (Å²) in [6.07, 6.45) is 1.10. The van der Waals surface area contributed by atoms with Crippen molar-refractivity contribution in [1.29, 1.82) is 0 Å². The average Bonchev–Trinajstić information content (AvgIpc) is 2.64. The van der Waals surface area contributed by atoms with E-state index in [1.807, 2.05) is 5.38 Å². The lowest BCUT2D eigenvalue weighted by Crippen LogP contribution is -1.93. The van der Waals surface area contributed by atoms with Crippen LogP contribution in [0.3, 0.4) is 0 Å². The molecule has 84 valence electrons. The van der Waals surface area contributed by atoms with E-state index in [9.17, 15) is 0 Å². The predicted molar refractivity (Wildman–Crippen MR) is 71.1 cm³/mol. The fourth-order valence-electron chi connectivity index (χ4n) is 1.69. The van der Waals surface area contributed by atoms with Gasteiger partial charge < -0.3 is 0 Å². The Labute approximate surface area is 105 Å². The molecule has 2 aromatic rings. The van der Waals surface area contributed by atoms with E-state index in [0.717, 1.165) is 17.0 Å². The molecule has 1 heterocycles. The van der Waals surface area contributed by atoms with Gasteiger partial charge in [-0.25, -0.2) is 4.98 Å². The van der Waals surface area contributed by atoms with Crippen molar-refractivity contribution in [2.45, 2.75) is 20.3 Å². The van der Waals surface area contributed by atoms with Gasteiger partial charge in [0.1, 0.15) is 10.2 Å². The summed E-state index contributed by atoms with van der Waals surface area (Å²) in [6, 6.07) is 8.54. The first-order chi connectivity index (χ1) is 7.65. The molecule has 16 heavy (non-hydrogen) atoms. The lowest BCUT2D eigenvalue weighted by molar-refractivity contribution is 0.647. The van der Waals surface area contributed by atoms with E-state index >= 15 is 0 Å². The molecule has 0 aliphatic rings. The largest absolute Gasteiger partial charge is 0.224 e. The van der Waals surface area contributed by atoms with Crippen molar-refractivity contribution in [3.63, 3.8) is 0 Å². The summed E-state index contributed by atoms with van der Waals surface area (Å²) in [5.74, 6) is 0.676. The van der Waals surface area contributed by atoms with E-state index in [0.29, 0.717) is 11.1 Å². The quantitative estimate of drug-likeness (QED) is 0.773. The molecular weight excluding hydrogens is 238 g/mol. The minimum Gasteiger partial charge on any atom is -0.224 e. The maximum absolute atomic E-state index is 5.83. The number of benzene rings is 1. The molecule has 0 spiro atoms. The summed E-state index contributed by atoms with van der Waals surface area (Å²) in [5, 5.41) is 3.44. The molecule has 0 atom stereocenters. The fourth-order valence-corrected chi connectivity index (χ4v) is 2.63. The summed E-state index contributed by atoms with van der Waals surface area (Å²) >= 11 is 7.42. The highest BCUT2D eigenvalue weighted by molar-refractivity contribution is 7.13. The Hall–Kier alpha value is -0.860. The van der Waals surface area contributed by atoms with Crippen LogP contribution in [0.5, 0.6) is 0 Å². The monoisotopic (exact) mass is 251 g/mol. The Bertz CT molecular complexity index is 476. The van der Waals surface area contributed by atoms with Crippen molar-refractivity contribution in [3.05, 3.63) is 40.4 Å². The zero-order valence-corrected chi connectivity index (χ0v) is 11.0. The van der Waals surface area contributed by atoms with E-state index < -0.39 is 0 Å². The van der Waals surface area contributed by atoms with Crippen LogP contribution in [0.4, 0.5) is 0 Å². The standard InChI is InChI=1S/C13H14ClNS/c1-9(2)6-10-4-3-5-11(7-10)13-15-12(14)8-16-13/h3-5,7-9H,6H2,1-2H3. The lowest BCUT2D eigenvalue weighted by atomic mass is 10.0. The van der Waals surface area contributed by atoms with Gasteiger partial charge in [-0.1, -0.05) is 43.6 Å². The van der Waals surface area contributed by atoms with Crippen LogP contribution in [0.25, 0.3) is 10.6 Å². The van der Waals surface area contributed by atoms with Gasteiger partial charge in [-0.15, -0.1) is 11.3 Å². The van der Waals surface area contributed by atoms with Gasteiger partial charge in [0.05, 0.1) is 0 Å². The van der Waals surface area contributed by atoms with Crippen molar-refractivity contribution in [3.8, 4) is 10.6 Å². The SMILES string of the molecule is CC(C)Cc1cccc(-c2nc(Cl)cs2)c1. The minimum absolute atomic E-state index is 0.578. The Morgan fingerprint density at radius 3 is 2.81 bits per heavy atom. The molecule has 0 saturated carbocycles. The number of rotatable bonds is 3. The zero-order valence-electron chi connectivity index (χ0n) is 9.40. The molecule has 0 fully saturated rings. The van der Waals surface area contributed by atoms with Crippen molar-refractivity contribution >= 4 is 22.9 Å².